The summed E-state index contributed by atoms with van der Waals surface area (Å²) in [5.74, 6) is -0.465. The highest BCUT2D eigenvalue weighted by molar-refractivity contribution is 9.10. The first kappa shape index (κ1) is 12.5. The third-order valence-electron chi connectivity index (χ3n) is 1.46. The van der Waals surface area contributed by atoms with Crippen molar-refractivity contribution in [2.45, 2.75) is 12.9 Å². The molecule has 15 heavy (non-hydrogen) atoms. The third-order valence-corrected chi connectivity index (χ3v) is 2.65. The van der Waals surface area contributed by atoms with Crippen LogP contribution in [-0.2, 0) is 6.54 Å². The second-order valence-electron chi connectivity index (χ2n) is 2.46. The van der Waals surface area contributed by atoms with Gasteiger partial charge < -0.3 is 10.5 Å². The van der Waals surface area contributed by atoms with Crippen molar-refractivity contribution in [3.05, 3.63) is 21.4 Å². The molecule has 0 saturated heterocycles. The maximum absolute atomic E-state index is 11.9. The van der Waals surface area contributed by atoms with Crippen LogP contribution in [0.2, 0.25) is 5.15 Å². The number of aromatic nitrogens is 1. The highest BCUT2D eigenvalue weighted by Crippen LogP contribution is 2.34. The summed E-state index contributed by atoms with van der Waals surface area (Å²) in [4.78, 5) is 3.53. The van der Waals surface area contributed by atoms with E-state index < -0.39 is 12.1 Å². The highest BCUT2D eigenvalue weighted by atomic mass is 79.9. The van der Waals surface area contributed by atoms with Crippen LogP contribution in [0, 0.1) is 0 Å². The number of nitrogens with zero attached hydrogens (tertiary/aromatic N) is 1. The monoisotopic (exact) mass is 304 g/mol. The molecule has 2 N–H and O–H groups in total. The lowest BCUT2D eigenvalue weighted by Crippen LogP contribution is -2.18. The SMILES string of the molecule is NCc1c(Cl)ncc(OC(F)(F)F)c1Br. The Morgan fingerprint density at radius 3 is 2.60 bits per heavy atom. The van der Waals surface area contributed by atoms with Gasteiger partial charge in [0, 0.05) is 12.1 Å². The van der Waals surface area contributed by atoms with E-state index in [2.05, 4.69) is 25.7 Å². The molecule has 1 aromatic heterocycles. The first-order valence-electron chi connectivity index (χ1n) is 3.64. The van der Waals surface area contributed by atoms with Crippen molar-refractivity contribution < 1.29 is 17.9 Å². The standard InChI is InChI=1S/C7H5BrClF3N2O/c8-5-3(1-13)6(9)14-2-4(5)15-7(10,11)12/h2H,1,13H2. The Bertz CT molecular complexity index is 372. The van der Waals surface area contributed by atoms with Gasteiger partial charge in [-0.2, -0.15) is 0 Å². The molecular formula is C7H5BrClF3N2O. The molecule has 1 heterocycles. The number of rotatable bonds is 2. The maximum Gasteiger partial charge on any atom is 0.573 e. The molecule has 3 nitrogen and oxygen atoms in total. The lowest BCUT2D eigenvalue weighted by Gasteiger charge is -2.12. The fraction of sp³-hybridized carbons (Fsp3) is 0.286. The van der Waals surface area contributed by atoms with Crippen LogP contribution in [-0.4, -0.2) is 11.3 Å². The maximum atomic E-state index is 11.9. The summed E-state index contributed by atoms with van der Waals surface area (Å²) in [7, 11) is 0. The Kier molecular flexibility index (Phi) is 3.80. The Labute approximate surface area is 96.5 Å². The molecule has 1 rings (SSSR count). The van der Waals surface area contributed by atoms with E-state index in [0.29, 0.717) is 0 Å². The van der Waals surface area contributed by atoms with E-state index in [1.165, 1.54) is 0 Å². The molecular weight excluding hydrogens is 300 g/mol. The van der Waals surface area contributed by atoms with Crippen molar-refractivity contribution in [3.63, 3.8) is 0 Å². The minimum absolute atomic E-state index is 0.0402. The van der Waals surface area contributed by atoms with Crippen molar-refractivity contribution in [3.8, 4) is 5.75 Å². The van der Waals surface area contributed by atoms with E-state index in [9.17, 15) is 13.2 Å². The molecule has 0 atom stereocenters. The largest absolute Gasteiger partial charge is 0.573 e. The topological polar surface area (TPSA) is 48.1 Å². The second kappa shape index (κ2) is 4.54. The summed E-state index contributed by atoms with van der Waals surface area (Å²) in [6.45, 7) is -0.0402. The fourth-order valence-corrected chi connectivity index (χ4v) is 1.73. The summed E-state index contributed by atoms with van der Waals surface area (Å²) in [5, 5.41) is 0.0406. The molecule has 0 aliphatic carbocycles. The predicted octanol–water partition coefficient (Wildman–Crippen LogP) is 2.85. The summed E-state index contributed by atoms with van der Waals surface area (Å²) in [6, 6.07) is 0. The first-order chi connectivity index (χ1) is 6.85. The number of hydrogen-bond donors (Lipinski definition) is 1. The normalized spacial score (nSPS) is 11.6. The van der Waals surface area contributed by atoms with E-state index in [4.69, 9.17) is 17.3 Å². The van der Waals surface area contributed by atoms with Crippen LogP contribution in [0.3, 0.4) is 0 Å². The van der Waals surface area contributed by atoms with Gasteiger partial charge in [0.1, 0.15) is 5.15 Å². The second-order valence-corrected chi connectivity index (χ2v) is 3.61. The smallest absolute Gasteiger partial charge is 0.403 e. The molecule has 0 spiro atoms. The first-order valence-corrected chi connectivity index (χ1v) is 4.81. The van der Waals surface area contributed by atoms with Crippen molar-refractivity contribution in [2.24, 2.45) is 5.73 Å². The summed E-state index contributed by atoms with van der Waals surface area (Å²) >= 11 is 8.53. The van der Waals surface area contributed by atoms with Gasteiger partial charge in [-0.1, -0.05) is 11.6 Å². The molecule has 0 bridgehead atoms. The quantitative estimate of drug-likeness (QED) is 0.855. The number of halogens is 5. The summed E-state index contributed by atoms with van der Waals surface area (Å²) < 4.78 is 39.5. The predicted molar refractivity (Wildman–Crippen MR) is 51.5 cm³/mol. The number of alkyl halides is 3. The fourth-order valence-electron chi connectivity index (χ4n) is 0.859. The van der Waals surface area contributed by atoms with Crippen LogP contribution in [0.15, 0.2) is 10.7 Å². The van der Waals surface area contributed by atoms with Gasteiger partial charge in [-0.05, 0) is 15.9 Å². The number of hydrogen-bond acceptors (Lipinski definition) is 3. The van der Waals surface area contributed by atoms with Crippen molar-refractivity contribution in [2.75, 3.05) is 0 Å². The molecule has 0 radical (unpaired) electrons. The van der Waals surface area contributed by atoms with Crippen LogP contribution >= 0.6 is 27.5 Å². The Balaban J connectivity index is 3.11. The van der Waals surface area contributed by atoms with E-state index in [1.807, 2.05) is 0 Å². The third kappa shape index (κ3) is 3.22. The number of pyridine rings is 1. The Morgan fingerprint density at radius 2 is 2.13 bits per heavy atom. The zero-order chi connectivity index (χ0) is 11.6. The minimum atomic E-state index is -4.77. The molecule has 0 unspecified atom stereocenters. The Morgan fingerprint density at radius 1 is 1.53 bits per heavy atom. The molecule has 0 aliphatic rings. The average molecular weight is 305 g/mol. The average Bonchev–Trinajstić information content (AvgIpc) is 2.09. The van der Waals surface area contributed by atoms with Gasteiger partial charge in [-0.25, -0.2) is 4.98 Å². The van der Waals surface area contributed by atoms with Crippen LogP contribution in [0.25, 0.3) is 0 Å². The van der Waals surface area contributed by atoms with Crippen LogP contribution in [0.4, 0.5) is 13.2 Å². The van der Waals surface area contributed by atoms with E-state index in [1.54, 1.807) is 0 Å². The van der Waals surface area contributed by atoms with Crippen molar-refractivity contribution in [1.82, 2.24) is 4.98 Å². The number of nitrogens with two attached hydrogens (primary N) is 1. The van der Waals surface area contributed by atoms with Gasteiger partial charge in [0.05, 0.1) is 10.7 Å². The van der Waals surface area contributed by atoms with Crippen LogP contribution in [0.1, 0.15) is 5.56 Å². The zero-order valence-electron chi connectivity index (χ0n) is 7.11. The zero-order valence-corrected chi connectivity index (χ0v) is 9.45. The molecule has 0 amide bonds. The van der Waals surface area contributed by atoms with E-state index in [0.717, 1.165) is 6.20 Å². The molecule has 0 aliphatic heterocycles. The van der Waals surface area contributed by atoms with Gasteiger partial charge in [0.25, 0.3) is 0 Å². The van der Waals surface area contributed by atoms with Crippen LogP contribution < -0.4 is 10.5 Å². The van der Waals surface area contributed by atoms with Gasteiger partial charge in [0.15, 0.2) is 5.75 Å². The van der Waals surface area contributed by atoms with Crippen molar-refractivity contribution in [1.29, 1.82) is 0 Å². The molecule has 84 valence electrons. The highest BCUT2D eigenvalue weighted by Gasteiger charge is 2.32. The molecule has 0 aromatic carbocycles. The van der Waals surface area contributed by atoms with Gasteiger partial charge in [-0.3, -0.25) is 0 Å². The van der Waals surface area contributed by atoms with E-state index >= 15 is 0 Å². The van der Waals surface area contributed by atoms with Gasteiger partial charge in [-0.15, -0.1) is 13.2 Å². The lowest BCUT2D eigenvalue weighted by molar-refractivity contribution is -0.275. The lowest BCUT2D eigenvalue weighted by atomic mass is 10.3. The molecule has 1 aromatic rings. The molecule has 0 saturated carbocycles. The summed E-state index contributed by atoms with van der Waals surface area (Å²) in [6.07, 6.45) is -3.90. The minimum Gasteiger partial charge on any atom is -0.403 e. The number of ether oxygens (including phenoxy) is 1. The Hall–Kier alpha value is -0.530. The summed E-state index contributed by atoms with van der Waals surface area (Å²) in [5.41, 5.74) is 5.56. The van der Waals surface area contributed by atoms with Gasteiger partial charge >= 0.3 is 6.36 Å². The van der Waals surface area contributed by atoms with Crippen molar-refractivity contribution >= 4 is 27.5 Å². The van der Waals surface area contributed by atoms with E-state index in [-0.39, 0.29) is 21.7 Å². The molecule has 8 heteroatoms. The van der Waals surface area contributed by atoms with Crippen LogP contribution in [0.5, 0.6) is 5.75 Å². The van der Waals surface area contributed by atoms with Gasteiger partial charge in [0.2, 0.25) is 0 Å². The molecule has 0 fully saturated rings.